The molecule has 0 aliphatic carbocycles. The number of nitrogen functional groups attached to an aromatic ring is 1. The van der Waals surface area contributed by atoms with Crippen LogP contribution in [-0.2, 0) is 0 Å². The summed E-state index contributed by atoms with van der Waals surface area (Å²) in [6, 6.07) is 6.44. The Morgan fingerprint density at radius 2 is 1.94 bits per heavy atom. The van der Waals surface area contributed by atoms with Gasteiger partial charge in [-0.15, -0.1) is 0 Å². The van der Waals surface area contributed by atoms with Crippen molar-refractivity contribution in [3.63, 3.8) is 0 Å². The van der Waals surface area contributed by atoms with Crippen molar-refractivity contribution < 1.29 is 0 Å². The Hall–Kier alpha value is -1.18. The fourth-order valence-corrected chi connectivity index (χ4v) is 2.51. The van der Waals surface area contributed by atoms with Crippen molar-refractivity contribution in [2.75, 3.05) is 23.7 Å². The van der Waals surface area contributed by atoms with Gasteiger partial charge >= 0.3 is 0 Å². The van der Waals surface area contributed by atoms with Crippen molar-refractivity contribution in [2.45, 2.75) is 40.0 Å². The van der Waals surface area contributed by atoms with E-state index in [2.05, 4.69) is 43.9 Å². The van der Waals surface area contributed by atoms with E-state index in [4.69, 9.17) is 5.73 Å². The van der Waals surface area contributed by atoms with Gasteiger partial charge in [0.2, 0.25) is 0 Å². The molecule has 0 spiro atoms. The third kappa shape index (κ3) is 2.93. The van der Waals surface area contributed by atoms with Crippen molar-refractivity contribution >= 4 is 11.4 Å². The topological polar surface area (TPSA) is 29.3 Å². The van der Waals surface area contributed by atoms with Crippen LogP contribution in [0.1, 0.15) is 38.7 Å². The fraction of sp³-hybridized carbons (Fsp3) is 0.600. The van der Waals surface area contributed by atoms with Crippen LogP contribution in [0.5, 0.6) is 0 Å². The summed E-state index contributed by atoms with van der Waals surface area (Å²) in [5.41, 5.74) is 9.85. The Morgan fingerprint density at radius 1 is 1.18 bits per heavy atom. The molecule has 1 aliphatic heterocycles. The minimum absolute atomic E-state index is 0.491. The number of hydrogen-bond acceptors (Lipinski definition) is 2. The smallest absolute Gasteiger partial charge is 0.0387 e. The summed E-state index contributed by atoms with van der Waals surface area (Å²) in [7, 11) is 0. The molecular formula is C15H24N2. The first-order valence-corrected chi connectivity index (χ1v) is 6.59. The third-order valence-electron chi connectivity index (χ3n) is 3.97. The number of hydrogen-bond donors (Lipinski definition) is 1. The zero-order valence-electron chi connectivity index (χ0n) is 11.3. The van der Waals surface area contributed by atoms with Crippen LogP contribution < -0.4 is 10.6 Å². The second-order valence-corrected chi connectivity index (χ2v) is 6.05. The van der Waals surface area contributed by atoms with Gasteiger partial charge in [0.1, 0.15) is 0 Å². The minimum atomic E-state index is 0.491. The molecule has 2 rings (SSSR count). The maximum atomic E-state index is 5.99. The molecule has 1 aromatic rings. The summed E-state index contributed by atoms with van der Waals surface area (Å²) in [4.78, 5) is 2.48. The molecule has 0 saturated carbocycles. The molecule has 2 N–H and O–H groups in total. The van der Waals surface area contributed by atoms with E-state index in [1.54, 1.807) is 0 Å². The molecule has 0 radical (unpaired) electrons. The van der Waals surface area contributed by atoms with E-state index < -0.39 is 0 Å². The van der Waals surface area contributed by atoms with Gasteiger partial charge in [0.25, 0.3) is 0 Å². The summed E-state index contributed by atoms with van der Waals surface area (Å²) in [5, 5.41) is 0. The lowest BCUT2D eigenvalue weighted by Crippen LogP contribution is -2.25. The van der Waals surface area contributed by atoms with Crippen molar-refractivity contribution in [1.82, 2.24) is 0 Å². The number of nitrogens with zero attached hydrogens (tertiary/aromatic N) is 1. The quantitative estimate of drug-likeness (QED) is 0.750. The molecule has 1 aliphatic rings. The Morgan fingerprint density at radius 3 is 2.65 bits per heavy atom. The number of benzene rings is 1. The van der Waals surface area contributed by atoms with Crippen LogP contribution in [0.15, 0.2) is 18.2 Å². The lowest BCUT2D eigenvalue weighted by molar-refractivity contribution is 0.325. The van der Waals surface area contributed by atoms with Gasteiger partial charge in [0.05, 0.1) is 0 Å². The van der Waals surface area contributed by atoms with Crippen LogP contribution in [0, 0.1) is 12.3 Å². The minimum Gasteiger partial charge on any atom is -0.398 e. The summed E-state index contributed by atoms with van der Waals surface area (Å²) in [5.74, 6) is 0. The van der Waals surface area contributed by atoms with E-state index >= 15 is 0 Å². The van der Waals surface area contributed by atoms with Gasteiger partial charge in [-0.25, -0.2) is 0 Å². The van der Waals surface area contributed by atoms with Crippen molar-refractivity contribution in [2.24, 2.45) is 5.41 Å². The van der Waals surface area contributed by atoms with Gasteiger partial charge in [-0.2, -0.15) is 0 Å². The van der Waals surface area contributed by atoms with Crippen LogP contribution in [0.3, 0.4) is 0 Å². The van der Waals surface area contributed by atoms with Crippen LogP contribution >= 0.6 is 0 Å². The molecule has 94 valence electrons. The Labute approximate surface area is 105 Å². The van der Waals surface area contributed by atoms with Crippen LogP contribution in [-0.4, -0.2) is 13.1 Å². The Kier molecular flexibility index (Phi) is 3.32. The molecule has 1 saturated heterocycles. The van der Waals surface area contributed by atoms with Crippen molar-refractivity contribution in [3.8, 4) is 0 Å². The van der Waals surface area contributed by atoms with Gasteiger partial charge in [0.15, 0.2) is 0 Å². The molecule has 17 heavy (non-hydrogen) atoms. The number of rotatable bonds is 1. The third-order valence-corrected chi connectivity index (χ3v) is 3.97. The fourth-order valence-electron chi connectivity index (χ4n) is 2.51. The molecule has 0 aromatic heterocycles. The maximum absolute atomic E-state index is 5.99. The van der Waals surface area contributed by atoms with E-state index in [9.17, 15) is 0 Å². The molecule has 2 heteroatoms. The van der Waals surface area contributed by atoms with Crippen molar-refractivity contribution in [3.05, 3.63) is 23.8 Å². The predicted octanol–water partition coefficient (Wildman–Crippen LogP) is 3.59. The SMILES string of the molecule is Cc1ccc(N2CCCC(C)(C)CC2)cc1N. The van der Waals surface area contributed by atoms with Crippen LogP contribution in [0.25, 0.3) is 0 Å². The number of anilines is 2. The predicted molar refractivity (Wildman–Crippen MR) is 75.4 cm³/mol. The molecule has 0 amide bonds. The highest BCUT2D eigenvalue weighted by Gasteiger charge is 2.23. The summed E-state index contributed by atoms with van der Waals surface area (Å²) in [6.45, 7) is 9.12. The lowest BCUT2D eigenvalue weighted by atomic mass is 9.85. The highest BCUT2D eigenvalue weighted by atomic mass is 15.1. The molecule has 1 aromatic carbocycles. The van der Waals surface area contributed by atoms with E-state index in [0.29, 0.717) is 5.41 Å². The maximum Gasteiger partial charge on any atom is 0.0387 e. The van der Waals surface area contributed by atoms with E-state index in [0.717, 1.165) is 18.8 Å². The van der Waals surface area contributed by atoms with E-state index in [-0.39, 0.29) is 0 Å². The highest BCUT2D eigenvalue weighted by Crippen LogP contribution is 2.32. The van der Waals surface area contributed by atoms with Gasteiger partial charge < -0.3 is 10.6 Å². The van der Waals surface area contributed by atoms with Crippen molar-refractivity contribution in [1.29, 1.82) is 0 Å². The highest BCUT2D eigenvalue weighted by molar-refractivity contribution is 5.59. The zero-order valence-corrected chi connectivity index (χ0v) is 11.3. The van der Waals surface area contributed by atoms with Gasteiger partial charge in [0, 0.05) is 24.5 Å². The molecule has 0 atom stereocenters. The number of aryl methyl sites for hydroxylation is 1. The molecular weight excluding hydrogens is 208 g/mol. The van der Waals surface area contributed by atoms with E-state index in [1.807, 2.05) is 0 Å². The second kappa shape index (κ2) is 4.59. The van der Waals surface area contributed by atoms with Crippen LogP contribution in [0.4, 0.5) is 11.4 Å². The van der Waals surface area contributed by atoms with Gasteiger partial charge in [-0.1, -0.05) is 19.9 Å². The van der Waals surface area contributed by atoms with Crippen LogP contribution in [0.2, 0.25) is 0 Å². The van der Waals surface area contributed by atoms with Gasteiger partial charge in [-0.3, -0.25) is 0 Å². The first-order chi connectivity index (χ1) is 7.98. The van der Waals surface area contributed by atoms with Gasteiger partial charge in [-0.05, 0) is 49.3 Å². The molecule has 1 heterocycles. The molecule has 0 bridgehead atoms. The summed E-state index contributed by atoms with van der Waals surface area (Å²) in [6.07, 6.45) is 3.87. The standard InChI is InChI=1S/C15H24N2/c1-12-5-6-13(11-14(12)16)17-9-4-7-15(2,3)8-10-17/h5-6,11H,4,7-10,16H2,1-3H3. The molecule has 0 unspecified atom stereocenters. The molecule has 2 nitrogen and oxygen atoms in total. The Balaban J connectivity index is 2.14. The lowest BCUT2D eigenvalue weighted by Gasteiger charge is -2.25. The average Bonchev–Trinajstić information content (AvgIpc) is 2.44. The first-order valence-electron chi connectivity index (χ1n) is 6.59. The second-order valence-electron chi connectivity index (χ2n) is 6.05. The monoisotopic (exact) mass is 232 g/mol. The molecule has 1 fully saturated rings. The average molecular weight is 232 g/mol. The zero-order chi connectivity index (χ0) is 12.5. The Bertz CT molecular complexity index is 396. The summed E-state index contributed by atoms with van der Waals surface area (Å²) >= 11 is 0. The summed E-state index contributed by atoms with van der Waals surface area (Å²) < 4.78 is 0. The normalized spacial score (nSPS) is 20.1. The first kappa shape index (κ1) is 12.3. The number of nitrogens with two attached hydrogens (primary N) is 1. The van der Waals surface area contributed by atoms with E-state index in [1.165, 1.54) is 30.5 Å². The largest absolute Gasteiger partial charge is 0.398 e.